The fraction of sp³-hybridized carbons (Fsp3) is 0.471. The van der Waals surface area contributed by atoms with Gasteiger partial charge in [0.1, 0.15) is 12.4 Å². The van der Waals surface area contributed by atoms with Crippen LogP contribution in [0.15, 0.2) is 29.3 Å². The molecule has 0 atom stereocenters. The van der Waals surface area contributed by atoms with Crippen LogP contribution >= 0.6 is 35.6 Å². The minimum atomic E-state index is 0. The van der Waals surface area contributed by atoms with E-state index in [9.17, 15) is 0 Å². The Kier molecular flexibility index (Phi) is 7.49. The maximum atomic E-state index is 6.26. The molecule has 6 nitrogen and oxygen atoms in total. The van der Waals surface area contributed by atoms with E-state index in [1.54, 1.807) is 0 Å². The molecule has 0 unspecified atom stereocenters. The van der Waals surface area contributed by atoms with Crippen LogP contribution in [0.1, 0.15) is 30.6 Å². The van der Waals surface area contributed by atoms with Crippen LogP contribution in [0.2, 0.25) is 5.02 Å². The third-order valence-corrected chi connectivity index (χ3v) is 4.49. The van der Waals surface area contributed by atoms with Gasteiger partial charge in [-0.1, -0.05) is 29.8 Å². The van der Waals surface area contributed by atoms with Crippen LogP contribution in [0.4, 0.5) is 0 Å². The van der Waals surface area contributed by atoms with Gasteiger partial charge in [0.15, 0.2) is 11.8 Å². The van der Waals surface area contributed by atoms with Crippen molar-refractivity contribution >= 4 is 41.5 Å². The Morgan fingerprint density at radius 3 is 2.92 bits per heavy atom. The number of guanidine groups is 1. The summed E-state index contributed by atoms with van der Waals surface area (Å²) in [4.78, 5) is 6.80. The minimum Gasteiger partial charge on any atom is -0.357 e. The molecule has 2 aromatic rings. The molecule has 136 valence electrons. The van der Waals surface area contributed by atoms with Gasteiger partial charge in [-0.2, -0.15) is 0 Å². The maximum absolute atomic E-state index is 6.26. The Labute approximate surface area is 170 Å². The molecule has 3 rings (SSSR count). The number of rotatable bonds is 5. The van der Waals surface area contributed by atoms with Crippen molar-refractivity contribution in [2.75, 3.05) is 13.6 Å². The molecule has 1 aliphatic rings. The highest BCUT2D eigenvalue weighted by molar-refractivity contribution is 14.0. The highest BCUT2D eigenvalue weighted by atomic mass is 127. The molecule has 0 saturated carbocycles. The van der Waals surface area contributed by atoms with E-state index in [2.05, 4.69) is 31.9 Å². The van der Waals surface area contributed by atoms with Crippen molar-refractivity contribution < 1.29 is 0 Å². The van der Waals surface area contributed by atoms with Crippen LogP contribution in [-0.2, 0) is 26.1 Å². The molecule has 1 aromatic carbocycles. The number of halogens is 2. The van der Waals surface area contributed by atoms with Gasteiger partial charge < -0.3 is 14.8 Å². The average molecular weight is 475 g/mol. The molecule has 2 heterocycles. The second kappa shape index (κ2) is 9.38. The van der Waals surface area contributed by atoms with E-state index in [0.29, 0.717) is 13.1 Å². The van der Waals surface area contributed by atoms with Crippen molar-refractivity contribution in [2.45, 2.75) is 39.4 Å². The monoisotopic (exact) mass is 474 g/mol. The Hall–Kier alpha value is -1.35. The van der Waals surface area contributed by atoms with Gasteiger partial charge in [0.05, 0.1) is 0 Å². The number of nitrogens with zero attached hydrogens (tertiary/aromatic N) is 5. The van der Waals surface area contributed by atoms with E-state index in [-0.39, 0.29) is 24.0 Å². The molecule has 25 heavy (non-hydrogen) atoms. The molecule has 0 aliphatic carbocycles. The fourth-order valence-corrected chi connectivity index (χ4v) is 3.10. The number of hydrogen-bond donors (Lipinski definition) is 1. The van der Waals surface area contributed by atoms with E-state index in [0.717, 1.165) is 54.1 Å². The maximum Gasteiger partial charge on any atom is 0.194 e. The Morgan fingerprint density at radius 1 is 1.36 bits per heavy atom. The fourth-order valence-electron chi connectivity index (χ4n) is 2.90. The van der Waals surface area contributed by atoms with Gasteiger partial charge >= 0.3 is 0 Å². The van der Waals surface area contributed by atoms with E-state index in [1.807, 2.05) is 31.3 Å². The van der Waals surface area contributed by atoms with E-state index in [1.165, 1.54) is 0 Å². The first-order valence-electron chi connectivity index (χ1n) is 8.33. The molecule has 1 N–H and O–H groups in total. The van der Waals surface area contributed by atoms with Crippen LogP contribution in [-0.4, -0.2) is 39.2 Å². The summed E-state index contributed by atoms with van der Waals surface area (Å²) >= 11 is 6.26. The topological polar surface area (TPSA) is 58.3 Å². The number of aromatic nitrogens is 3. The van der Waals surface area contributed by atoms with Crippen molar-refractivity contribution in [1.82, 2.24) is 25.0 Å². The summed E-state index contributed by atoms with van der Waals surface area (Å²) in [5.74, 6) is 2.85. The van der Waals surface area contributed by atoms with Crippen molar-refractivity contribution in [1.29, 1.82) is 0 Å². The predicted molar refractivity (Wildman–Crippen MR) is 111 cm³/mol. The molecule has 0 bridgehead atoms. The molecular formula is C17H24ClIN6. The first kappa shape index (κ1) is 20.0. The van der Waals surface area contributed by atoms with Crippen molar-refractivity contribution in [3.05, 3.63) is 46.5 Å². The van der Waals surface area contributed by atoms with Gasteiger partial charge in [-0.3, -0.25) is 0 Å². The lowest BCUT2D eigenvalue weighted by molar-refractivity contribution is 0.476. The quantitative estimate of drug-likeness (QED) is 0.411. The molecule has 1 aromatic heterocycles. The van der Waals surface area contributed by atoms with Crippen LogP contribution in [0.3, 0.4) is 0 Å². The highest BCUT2D eigenvalue weighted by Crippen LogP contribution is 2.17. The van der Waals surface area contributed by atoms with Gasteiger partial charge in [-0.05, 0) is 25.0 Å². The predicted octanol–water partition coefficient (Wildman–Crippen LogP) is 3.09. The summed E-state index contributed by atoms with van der Waals surface area (Å²) in [6.45, 7) is 5.10. The average Bonchev–Trinajstić information content (AvgIpc) is 3.17. The number of fused-ring (bicyclic) bond motifs is 1. The minimum absolute atomic E-state index is 0. The molecule has 0 amide bonds. The number of benzene rings is 1. The summed E-state index contributed by atoms with van der Waals surface area (Å²) in [7, 11) is 2.01. The summed E-state index contributed by atoms with van der Waals surface area (Å²) in [5.41, 5.74) is 1.08. The number of aliphatic imine (C=N–C) groups is 1. The number of hydrogen-bond acceptors (Lipinski definition) is 3. The third-order valence-electron chi connectivity index (χ3n) is 4.12. The molecule has 1 aliphatic heterocycles. The largest absolute Gasteiger partial charge is 0.357 e. The van der Waals surface area contributed by atoms with E-state index < -0.39 is 0 Å². The standard InChI is InChI=1S/C17H23ClN6.HI/c1-3-19-17(23(2)12-13-7-4-5-8-14(13)18)20-11-16-22-21-15-9-6-10-24(15)16;/h4-5,7-8H,3,6,9-12H2,1-2H3,(H,19,20);1H. The van der Waals surface area contributed by atoms with Crippen LogP contribution in [0.5, 0.6) is 0 Å². The lowest BCUT2D eigenvalue weighted by Crippen LogP contribution is -2.38. The Bertz CT molecular complexity index is 730. The Balaban J connectivity index is 0.00000225. The molecule has 0 radical (unpaired) electrons. The molecule has 0 saturated heterocycles. The van der Waals surface area contributed by atoms with Gasteiger partial charge in [0, 0.05) is 38.1 Å². The second-order valence-corrected chi connectivity index (χ2v) is 6.31. The zero-order chi connectivity index (χ0) is 16.9. The van der Waals surface area contributed by atoms with Gasteiger partial charge in [-0.15, -0.1) is 34.2 Å². The SMILES string of the molecule is CCNC(=NCc1nnc2n1CCC2)N(C)Cc1ccccc1Cl.I. The number of aryl methyl sites for hydroxylation is 1. The van der Waals surface area contributed by atoms with Crippen LogP contribution in [0, 0.1) is 0 Å². The molecular weight excluding hydrogens is 451 g/mol. The normalized spacial score (nSPS) is 13.3. The zero-order valence-corrected chi connectivity index (χ0v) is 17.7. The lowest BCUT2D eigenvalue weighted by atomic mass is 10.2. The van der Waals surface area contributed by atoms with Crippen molar-refractivity contribution in [3.63, 3.8) is 0 Å². The van der Waals surface area contributed by atoms with E-state index in [4.69, 9.17) is 16.6 Å². The highest BCUT2D eigenvalue weighted by Gasteiger charge is 2.17. The number of nitrogens with one attached hydrogen (secondary N) is 1. The molecule has 0 spiro atoms. The second-order valence-electron chi connectivity index (χ2n) is 5.91. The van der Waals surface area contributed by atoms with Crippen LogP contribution in [0.25, 0.3) is 0 Å². The third kappa shape index (κ3) is 4.84. The first-order valence-corrected chi connectivity index (χ1v) is 8.70. The summed E-state index contributed by atoms with van der Waals surface area (Å²) in [6.07, 6.45) is 2.16. The first-order chi connectivity index (χ1) is 11.7. The van der Waals surface area contributed by atoms with Gasteiger partial charge in [0.25, 0.3) is 0 Å². The van der Waals surface area contributed by atoms with Crippen LogP contribution < -0.4 is 5.32 Å². The zero-order valence-electron chi connectivity index (χ0n) is 14.6. The van der Waals surface area contributed by atoms with Gasteiger partial charge in [-0.25, -0.2) is 4.99 Å². The van der Waals surface area contributed by atoms with Crippen molar-refractivity contribution in [3.8, 4) is 0 Å². The molecule has 0 fully saturated rings. The summed E-state index contributed by atoms with van der Waals surface area (Å²) < 4.78 is 2.18. The summed E-state index contributed by atoms with van der Waals surface area (Å²) in [5, 5.41) is 12.6. The summed E-state index contributed by atoms with van der Waals surface area (Å²) in [6, 6.07) is 7.89. The molecule has 8 heteroatoms. The smallest absolute Gasteiger partial charge is 0.194 e. The van der Waals surface area contributed by atoms with Crippen molar-refractivity contribution in [2.24, 2.45) is 4.99 Å². The lowest BCUT2D eigenvalue weighted by Gasteiger charge is -2.22. The Morgan fingerprint density at radius 2 is 2.16 bits per heavy atom. The van der Waals surface area contributed by atoms with E-state index >= 15 is 0 Å². The van der Waals surface area contributed by atoms with Gasteiger partial charge in [0.2, 0.25) is 0 Å².